The number of aromatic nitrogens is 2. The van der Waals surface area contributed by atoms with Crippen molar-refractivity contribution >= 4 is 17.5 Å². The lowest BCUT2D eigenvalue weighted by Gasteiger charge is -2.28. The van der Waals surface area contributed by atoms with Crippen LogP contribution < -0.4 is 5.32 Å². The van der Waals surface area contributed by atoms with Crippen LogP contribution in [0.2, 0.25) is 0 Å². The van der Waals surface area contributed by atoms with Crippen molar-refractivity contribution in [3.05, 3.63) is 18.0 Å². The molecular formula is C10H13ClF3N3. The Morgan fingerprint density at radius 1 is 1.35 bits per heavy atom. The van der Waals surface area contributed by atoms with Crippen LogP contribution >= 0.6 is 11.6 Å². The van der Waals surface area contributed by atoms with Gasteiger partial charge < -0.3 is 5.32 Å². The molecule has 0 aliphatic carbocycles. The third kappa shape index (κ3) is 3.73. The molecule has 0 radical (unpaired) electrons. The Hall–Kier alpha value is -1.04. The molecule has 0 fully saturated rings. The largest absolute Gasteiger partial charge is 0.433 e. The van der Waals surface area contributed by atoms with Crippen LogP contribution in [0.3, 0.4) is 0 Å². The van der Waals surface area contributed by atoms with Crippen LogP contribution in [0.15, 0.2) is 12.3 Å². The lowest BCUT2D eigenvalue weighted by atomic mass is 10.0. The summed E-state index contributed by atoms with van der Waals surface area (Å²) in [5.74, 6) is -0.0858. The van der Waals surface area contributed by atoms with Gasteiger partial charge in [0, 0.05) is 6.20 Å². The second kappa shape index (κ2) is 4.68. The van der Waals surface area contributed by atoms with E-state index >= 15 is 0 Å². The van der Waals surface area contributed by atoms with Gasteiger partial charge >= 0.3 is 6.18 Å². The molecule has 1 N–H and O–H groups in total. The van der Waals surface area contributed by atoms with E-state index in [0.29, 0.717) is 0 Å². The molecule has 0 saturated heterocycles. The fourth-order valence-electron chi connectivity index (χ4n) is 0.964. The Balaban J connectivity index is 2.94. The Labute approximate surface area is 102 Å². The van der Waals surface area contributed by atoms with Crippen LogP contribution in [0.5, 0.6) is 0 Å². The summed E-state index contributed by atoms with van der Waals surface area (Å²) >= 11 is 5.91. The quantitative estimate of drug-likeness (QED) is 0.854. The molecule has 0 bridgehead atoms. The van der Waals surface area contributed by atoms with Gasteiger partial charge in [0.25, 0.3) is 0 Å². The molecule has 3 nitrogen and oxygen atoms in total. The van der Waals surface area contributed by atoms with Crippen LogP contribution in [0.4, 0.5) is 19.1 Å². The number of nitrogens with zero attached hydrogens (tertiary/aromatic N) is 2. The van der Waals surface area contributed by atoms with Gasteiger partial charge in [-0.25, -0.2) is 9.97 Å². The minimum Gasteiger partial charge on any atom is -0.348 e. The van der Waals surface area contributed by atoms with Gasteiger partial charge in [0.15, 0.2) is 0 Å². The van der Waals surface area contributed by atoms with E-state index in [1.54, 1.807) is 20.8 Å². The first-order valence-electron chi connectivity index (χ1n) is 4.95. The Morgan fingerprint density at radius 2 is 1.94 bits per heavy atom. The lowest BCUT2D eigenvalue weighted by Crippen LogP contribution is -2.39. The molecular weight excluding hydrogens is 255 g/mol. The molecule has 0 saturated carbocycles. The van der Waals surface area contributed by atoms with Crippen LogP contribution in [0.25, 0.3) is 0 Å². The van der Waals surface area contributed by atoms with Gasteiger partial charge in [0.2, 0.25) is 5.95 Å². The minimum atomic E-state index is -4.48. The van der Waals surface area contributed by atoms with Crippen molar-refractivity contribution in [3.8, 4) is 0 Å². The summed E-state index contributed by atoms with van der Waals surface area (Å²) < 4.78 is 37.2. The zero-order valence-corrected chi connectivity index (χ0v) is 10.4. The predicted molar refractivity (Wildman–Crippen MR) is 60.1 cm³/mol. The molecule has 17 heavy (non-hydrogen) atoms. The SMILES string of the molecule is CC(Cl)C(C)(C)Nc1nccc(C(F)(F)F)n1. The van der Waals surface area contributed by atoms with E-state index in [1.165, 1.54) is 0 Å². The van der Waals surface area contributed by atoms with E-state index in [0.717, 1.165) is 12.3 Å². The van der Waals surface area contributed by atoms with Crippen molar-refractivity contribution in [3.63, 3.8) is 0 Å². The number of hydrogen-bond acceptors (Lipinski definition) is 3. The van der Waals surface area contributed by atoms with Crippen molar-refractivity contribution in [2.75, 3.05) is 5.32 Å². The summed E-state index contributed by atoms with van der Waals surface area (Å²) in [6.45, 7) is 5.25. The normalized spacial score (nSPS) is 14.5. The smallest absolute Gasteiger partial charge is 0.348 e. The molecule has 1 aromatic heterocycles. The molecule has 7 heteroatoms. The van der Waals surface area contributed by atoms with Gasteiger partial charge in [-0.05, 0) is 26.8 Å². The fraction of sp³-hybridized carbons (Fsp3) is 0.600. The molecule has 0 aliphatic heterocycles. The Bertz CT molecular complexity index is 391. The van der Waals surface area contributed by atoms with E-state index in [2.05, 4.69) is 15.3 Å². The van der Waals surface area contributed by atoms with Gasteiger partial charge in [-0.15, -0.1) is 11.6 Å². The minimum absolute atomic E-state index is 0.0858. The number of anilines is 1. The maximum atomic E-state index is 12.4. The lowest BCUT2D eigenvalue weighted by molar-refractivity contribution is -0.141. The monoisotopic (exact) mass is 267 g/mol. The topological polar surface area (TPSA) is 37.8 Å². The van der Waals surface area contributed by atoms with E-state index in [1.807, 2.05) is 0 Å². The van der Waals surface area contributed by atoms with Gasteiger partial charge in [-0.3, -0.25) is 0 Å². The first-order chi connectivity index (χ1) is 7.63. The molecule has 0 aliphatic rings. The first kappa shape index (κ1) is 14.0. The second-order valence-corrected chi connectivity index (χ2v) is 4.88. The highest BCUT2D eigenvalue weighted by Crippen LogP contribution is 2.28. The van der Waals surface area contributed by atoms with Crippen LogP contribution in [-0.2, 0) is 6.18 Å². The zero-order valence-electron chi connectivity index (χ0n) is 9.64. The Kier molecular flexibility index (Phi) is 3.86. The van der Waals surface area contributed by atoms with Gasteiger partial charge in [0.05, 0.1) is 10.9 Å². The molecule has 1 rings (SSSR count). The summed E-state index contributed by atoms with van der Waals surface area (Å²) in [5, 5.41) is 2.48. The van der Waals surface area contributed by atoms with E-state index in [-0.39, 0.29) is 11.3 Å². The Morgan fingerprint density at radius 3 is 2.41 bits per heavy atom. The predicted octanol–water partition coefficient (Wildman–Crippen LogP) is 3.31. The van der Waals surface area contributed by atoms with Gasteiger partial charge in [-0.2, -0.15) is 13.2 Å². The highest BCUT2D eigenvalue weighted by Gasteiger charge is 2.33. The van der Waals surface area contributed by atoms with Gasteiger partial charge in [-0.1, -0.05) is 0 Å². The number of alkyl halides is 4. The van der Waals surface area contributed by atoms with Crippen molar-refractivity contribution in [2.45, 2.75) is 37.9 Å². The van der Waals surface area contributed by atoms with E-state index in [9.17, 15) is 13.2 Å². The molecule has 1 unspecified atom stereocenters. The van der Waals surface area contributed by atoms with E-state index in [4.69, 9.17) is 11.6 Å². The number of nitrogens with one attached hydrogen (secondary N) is 1. The van der Waals surface area contributed by atoms with Crippen molar-refractivity contribution in [2.24, 2.45) is 0 Å². The summed E-state index contributed by atoms with van der Waals surface area (Å²) in [6, 6.07) is 0.822. The first-order valence-corrected chi connectivity index (χ1v) is 5.39. The summed E-state index contributed by atoms with van der Waals surface area (Å²) in [6.07, 6.45) is -3.41. The molecule has 0 spiro atoms. The number of hydrogen-bond donors (Lipinski definition) is 1. The highest BCUT2D eigenvalue weighted by atomic mass is 35.5. The van der Waals surface area contributed by atoms with E-state index < -0.39 is 17.4 Å². The van der Waals surface area contributed by atoms with Crippen LogP contribution in [0.1, 0.15) is 26.5 Å². The number of halogens is 4. The van der Waals surface area contributed by atoms with Crippen LogP contribution in [0, 0.1) is 0 Å². The maximum absolute atomic E-state index is 12.4. The van der Waals surface area contributed by atoms with Crippen molar-refractivity contribution in [1.29, 1.82) is 0 Å². The summed E-state index contributed by atoms with van der Waals surface area (Å²) in [5.41, 5.74) is -1.58. The van der Waals surface area contributed by atoms with Crippen molar-refractivity contribution in [1.82, 2.24) is 9.97 Å². The molecule has 0 aromatic carbocycles. The zero-order chi connectivity index (χ0) is 13.3. The standard InChI is InChI=1S/C10H13ClF3N3/c1-6(11)9(2,3)17-8-15-5-4-7(16-8)10(12,13)14/h4-6H,1-3H3,(H,15,16,17). The van der Waals surface area contributed by atoms with Crippen LogP contribution in [-0.4, -0.2) is 20.9 Å². The van der Waals surface area contributed by atoms with Gasteiger partial charge in [0.1, 0.15) is 5.69 Å². The third-order valence-corrected chi connectivity index (χ3v) is 2.92. The average molecular weight is 268 g/mol. The molecule has 96 valence electrons. The average Bonchev–Trinajstić information content (AvgIpc) is 2.15. The number of rotatable bonds is 3. The molecule has 0 amide bonds. The molecule has 1 aromatic rings. The summed E-state index contributed by atoms with van der Waals surface area (Å²) in [7, 11) is 0. The van der Waals surface area contributed by atoms with Crippen molar-refractivity contribution < 1.29 is 13.2 Å². The second-order valence-electron chi connectivity index (χ2n) is 4.23. The molecule has 1 atom stereocenters. The maximum Gasteiger partial charge on any atom is 0.433 e. The third-order valence-electron chi connectivity index (χ3n) is 2.37. The highest BCUT2D eigenvalue weighted by molar-refractivity contribution is 6.21. The fourth-order valence-corrected chi connectivity index (χ4v) is 1.02. The molecule has 1 heterocycles. The summed E-state index contributed by atoms with van der Waals surface area (Å²) in [4.78, 5) is 7.15.